The molecule has 0 amide bonds. The van der Waals surface area contributed by atoms with Gasteiger partial charge in [0.2, 0.25) is 10.0 Å². The zero-order valence-electron chi connectivity index (χ0n) is 10.5. The fourth-order valence-corrected chi connectivity index (χ4v) is 2.10. The Kier molecular flexibility index (Phi) is 5.20. The average molecular weight is 287 g/mol. The molecule has 0 heterocycles. The second-order valence-electron chi connectivity index (χ2n) is 3.51. The highest BCUT2D eigenvalue weighted by Gasteiger charge is 2.13. The van der Waals surface area contributed by atoms with Gasteiger partial charge in [0.05, 0.1) is 11.5 Å². The summed E-state index contributed by atoms with van der Waals surface area (Å²) in [6.07, 6.45) is 2.39. The maximum absolute atomic E-state index is 13.3. The topological polar surface area (TPSA) is 72.5 Å². The van der Waals surface area contributed by atoms with E-state index in [0.29, 0.717) is 0 Å². The maximum atomic E-state index is 13.3. The van der Waals surface area contributed by atoms with Crippen molar-refractivity contribution in [3.8, 4) is 0 Å². The molecule has 1 aromatic carbocycles. The Hall–Kier alpha value is -1.73. The lowest BCUT2D eigenvalue weighted by molar-refractivity contribution is -0.137. The number of hydrogen-bond acceptors (Lipinski definition) is 4. The lowest BCUT2D eigenvalue weighted by Gasteiger charge is -2.04. The van der Waals surface area contributed by atoms with Crippen molar-refractivity contribution in [1.82, 2.24) is 4.72 Å². The van der Waals surface area contributed by atoms with Gasteiger partial charge in [-0.05, 0) is 43.8 Å². The van der Waals surface area contributed by atoms with Crippen molar-refractivity contribution in [2.24, 2.45) is 0 Å². The van der Waals surface area contributed by atoms with E-state index in [-0.39, 0.29) is 17.1 Å². The van der Waals surface area contributed by atoms with Gasteiger partial charge in [-0.25, -0.2) is 22.3 Å². The average Bonchev–Trinajstić information content (AvgIpc) is 2.36. The molecule has 0 bridgehead atoms. The van der Waals surface area contributed by atoms with E-state index < -0.39 is 21.8 Å². The number of esters is 1. The first-order valence-corrected chi connectivity index (χ1v) is 6.96. The summed E-state index contributed by atoms with van der Waals surface area (Å²) in [5, 5.41) is 0. The molecule has 19 heavy (non-hydrogen) atoms. The van der Waals surface area contributed by atoms with Gasteiger partial charge in [0.15, 0.2) is 0 Å². The van der Waals surface area contributed by atoms with Crippen LogP contribution in [0.2, 0.25) is 0 Å². The second-order valence-corrected chi connectivity index (χ2v) is 5.40. The molecule has 0 atom stereocenters. The van der Waals surface area contributed by atoms with Gasteiger partial charge in [-0.1, -0.05) is 0 Å². The molecule has 5 nitrogen and oxygen atoms in total. The first-order valence-electron chi connectivity index (χ1n) is 5.48. The predicted octanol–water partition coefficient (Wildman–Crippen LogP) is 1.31. The summed E-state index contributed by atoms with van der Waals surface area (Å²) in [5.74, 6) is -1.29. The Bertz CT molecular complexity index is 596. The van der Waals surface area contributed by atoms with Crippen LogP contribution in [-0.4, -0.2) is 28.0 Å². The monoisotopic (exact) mass is 287 g/mol. The van der Waals surface area contributed by atoms with E-state index >= 15 is 0 Å². The van der Waals surface area contributed by atoms with Crippen molar-refractivity contribution in [2.75, 3.05) is 13.7 Å². The number of carbonyl (C=O) groups is 1. The number of halogens is 1. The van der Waals surface area contributed by atoms with E-state index in [4.69, 9.17) is 0 Å². The quantitative estimate of drug-likeness (QED) is 0.654. The van der Waals surface area contributed by atoms with E-state index in [0.717, 1.165) is 18.2 Å². The standard InChI is InChI=1S/C12H14FNO4S/c1-3-18-12(15)5-4-9-6-10(13)8-11(7-9)19(16,17)14-2/h4-8,14H,3H2,1-2H3/b5-4+. The van der Waals surface area contributed by atoms with E-state index in [2.05, 4.69) is 9.46 Å². The van der Waals surface area contributed by atoms with Crippen LogP contribution in [0, 0.1) is 5.82 Å². The van der Waals surface area contributed by atoms with Crippen molar-refractivity contribution >= 4 is 22.1 Å². The van der Waals surface area contributed by atoms with Crippen LogP contribution in [-0.2, 0) is 19.6 Å². The van der Waals surface area contributed by atoms with Crippen LogP contribution in [0.1, 0.15) is 12.5 Å². The molecule has 7 heteroatoms. The van der Waals surface area contributed by atoms with Crippen LogP contribution in [0.5, 0.6) is 0 Å². The second kappa shape index (κ2) is 6.44. The van der Waals surface area contributed by atoms with Crippen molar-refractivity contribution in [1.29, 1.82) is 0 Å². The van der Waals surface area contributed by atoms with Crippen LogP contribution >= 0.6 is 0 Å². The summed E-state index contributed by atoms with van der Waals surface area (Å²) in [7, 11) is -2.50. The number of nitrogens with one attached hydrogen (secondary N) is 1. The molecule has 104 valence electrons. The third kappa shape index (κ3) is 4.46. The molecule has 0 aliphatic carbocycles. The summed E-state index contributed by atoms with van der Waals surface area (Å²) in [6.45, 7) is 1.89. The number of hydrogen-bond donors (Lipinski definition) is 1. The smallest absolute Gasteiger partial charge is 0.330 e. The molecule has 1 rings (SSSR count). The highest BCUT2D eigenvalue weighted by molar-refractivity contribution is 7.89. The molecule has 0 aliphatic rings. The number of sulfonamides is 1. The molecule has 0 unspecified atom stereocenters. The normalized spacial score (nSPS) is 11.7. The summed E-state index contributed by atoms with van der Waals surface area (Å²) in [5.41, 5.74) is 0.252. The molecular weight excluding hydrogens is 273 g/mol. The highest BCUT2D eigenvalue weighted by Crippen LogP contribution is 2.15. The Labute approximate surface area is 111 Å². The van der Waals surface area contributed by atoms with Crippen LogP contribution in [0.25, 0.3) is 6.08 Å². The highest BCUT2D eigenvalue weighted by atomic mass is 32.2. The van der Waals surface area contributed by atoms with E-state index in [1.807, 2.05) is 0 Å². The minimum absolute atomic E-state index is 0.210. The summed E-state index contributed by atoms with van der Waals surface area (Å²) >= 11 is 0. The van der Waals surface area contributed by atoms with Crippen molar-refractivity contribution < 1.29 is 22.3 Å². The van der Waals surface area contributed by atoms with E-state index in [1.54, 1.807) is 6.92 Å². The Morgan fingerprint density at radius 2 is 2.11 bits per heavy atom. The van der Waals surface area contributed by atoms with Crippen LogP contribution < -0.4 is 4.72 Å². The Morgan fingerprint density at radius 3 is 2.68 bits per heavy atom. The minimum Gasteiger partial charge on any atom is -0.463 e. The van der Waals surface area contributed by atoms with Gasteiger partial charge in [0.25, 0.3) is 0 Å². The van der Waals surface area contributed by atoms with Gasteiger partial charge in [-0.2, -0.15) is 0 Å². The Morgan fingerprint density at radius 1 is 1.42 bits per heavy atom. The van der Waals surface area contributed by atoms with Gasteiger partial charge in [-0.3, -0.25) is 0 Å². The first-order chi connectivity index (χ1) is 8.89. The van der Waals surface area contributed by atoms with Gasteiger partial charge in [0.1, 0.15) is 5.82 Å². The Balaban J connectivity index is 3.08. The molecule has 0 spiro atoms. The van der Waals surface area contributed by atoms with Crippen LogP contribution in [0.3, 0.4) is 0 Å². The van der Waals surface area contributed by atoms with Crippen molar-refractivity contribution in [3.05, 3.63) is 35.7 Å². The van der Waals surface area contributed by atoms with Crippen LogP contribution in [0.15, 0.2) is 29.2 Å². The fraction of sp³-hybridized carbons (Fsp3) is 0.250. The third-order valence-electron chi connectivity index (χ3n) is 2.17. The zero-order chi connectivity index (χ0) is 14.5. The summed E-state index contributed by atoms with van der Waals surface area (Å²) in [4.78, 5) is 10.9. The lowest BCUT2D eigenvalue weighted by atomic mass is 10.2. The van der Waals surface area contributed by atoms with E-state index in [9.17, 15) is 17.6 Å². The molecular formula is C12H14FNO4S. The molecule has 0 radical (unpaired) electrons. The molecule has 0 aliphatic heterocycles. The summed E-state index contributed by atoms with van der Waals surface area (Å²) in [6, 6.07) is 3.27. The summed E-state index contributed by atoms with van der Waals surface area (Å²) < 4.78 is 43.2. The SMILES string of the molecule is CCOC(=O)/C=C/c1cc(F)cc(S(=O)(=O)NC)c1. The zero-order valence-corrected chi connectivity index (χ0v) is 11.3. The maximum Gasteiger partial charge on any atom is 0.330 e. The van der Waals surface area contributed by atoms with Gasteiger partial charge >= 0.3 is 5.97 Å². The number of rotatable bonds is 5. The third-order valence-corrected chi connectivity index (χ3v) is 3.56. The molecule has 1 N–H and O–H groups in total. The minimum atomic E-state index is -3.73. The van der Waals surface area contributed by atoms with Crippen molar-refractivity contribution in [2.45, 2.75) is 11.8 Å². The number of benzene rings is 1. The van der Waals surface area contributed by atoms with Crippen molar-refractivity contribution in [3.63, 3.8) is 0 Å². The van der Waals surface area contributed by atoms with Gasteiger partial charge in [-0.15, -0.1) is 0 Å². The molecule has 0 aromatic heterocycles. The molecule has 0 saturated carbocycles. The number of ether oxygens (including phenoxy) is 1. The lowest BCUT2D eigenvalue weighted by Crippen LogP contribution is -2.18. The fourth-order valence-electron chi connectivity index (χ4n) is 1.31. The molecule has 0 fully saturated rings. The number of carbonyl (C=O) groups excluding carboxylic acids is 1. The largest absolute Gasteiger partial charge is 0.463 e. The van der Waals surface area contributed by atoms with Gasteiger partial charge < -0.3 is 4.74 Å². The van der Waals surface area contributed by atoms with E-state index in [1.165, 1.54) is 19.2 Å². The first kappa shape index (κ1) is 15.3. The van der Waals surface area contributed by atoms with Crippen LogP contribution in [0.4, 0.5) is 4.39 Å². The molecule has 0 saturated heterocycles. The van der Waals surface area contributed by atoms with Gasteiger partial charge in [0, 0.05) is 6.08 Å². The predicted molar refractivity (Wildman–Crippen MR) is 68.3 cm³/mol. The molecule has 1 aromatic rings.